The van der Waals surface area contributed by atoms with Crippen LogP contribution >= 0.6 is 0 Å². The smallest absolute Gasteiger partial charge is 0.323 e. The van der Waals surface area contributed by atoms with Crippen molar-refractivity contribution in [3.63, 3.8) is 0 Å². The number of rotatable bonds is 4. The van der Waals surface area contributed by atoms with Gasteiger partial charge in [0.1, 0.15) is 5.54 Å². The van der Waals surface area contributed by atoms with Crippen molar-refractivity contribution in [2.45, 2.75) is 31.7 Å². The first kappa shape index (κ1) is 9.99. The summed E-state index contributed by atoms with van der Waals surface area (Å²) in [6.07, 6.45) is 6.66. The Morgan fingerprint density at radius 2 is 2.36 bits per heavy atom. The number of unbranched alkanes of at least 4 members (excludes halogenated alkanes) is 1. The lowest BCUT2D eigenvalue weighted by atomic mass is 9.97. The van der Waals surface area contributed by atoms with Gasteiger partial charge in [0.25, 0.3) is 0 Å². The minimum absolute atomic E-state index is 0.423. The molecule has 0 radical (unpaired) electrons. The normalized spacial score (nSPS) is 15.0. The van der Waals surface area contributed by atoms with Crippen molar-refractivity contribution in [1.82, 2.24) is 0 Å². The van der Waals surface area contributed by atoms with Crippen LogP contribution < -0.4 is 5.73 Å². The van der Waals surface area contributed by atoms with Gasteiger partial charge in [-0.3, -0.25) is 4.79 Å². The molecule has 3 heteroatoms. The van der Waals surface area contributed by atoms with Gasteiger partial charge < -0.3 is 10.8 Å². The van der Waals surface area contributed by atoms with Gasteiger partial charge >= 0.3 is 5.97 Å². The molecule has 0 spiro atoms. The van der Waals surface area contributed by atoms with E-state index in [2.05, 4.69) is 5.92 Å². The van der Waals surface area contributed by atoms with E-state index in [1.807, 2.05) is 0 Å². The van der Waals surface area contributed by atoms with E-state index in [1.54, 1.807) is 0 Å². The van der Waals surface area contributed by atoms with E-state index in [-0.39, 0.29) is 0 Å². The van der Waals surface area contributed by atoms with Crippen LogP contribution in [0.25, 0.3) is 0 Å². The second-order valence-corrected chi connectivity index (χ2v) is 2.78. The number of carboxylic acids is 1. The molecule has 0 amide bonds. The summed E-state index contributed by atoms with van der Waals surface area (Å²) < 4.78 is 0. The Morgan fingerprint density at radius 1 is 1.82 bits per heavy atom. The van der Waals surface area contributed by atoms with Crippen molar-refractivity contribution in [3.8, 4) is 12.3 Å². The number of hydrogen-bond donors (Lipinski definition) is 2. The largest absolute Gasteiger partial charge is 0.480 e. The standard InChI is InChI=1S/C8H13NO2/c1-3-4-5-6-8(2,9)7(10)11/h1H,4-6,9H2,2H3,(H,10,11)/t8-/m1/s1. The third-order valence-corrected chi connectivity index (χ3v) is 1.51. The molecule has 0 bridgehead atoms. The topological polar surface area (TPSA) is 63.3 Å². The first-order valence-electron chi connectivity index (χ1n) is 3.46. The molecule has 3 nitrogen and oxygen atoms in total. The third kappa shape index (κ3) is 3.64. The predicted octanol–water partition coefficient (Wildman–Crippen LogP) is 0.592. The Kier molecular flexibility index (Phi) is 3.63. The number of terminal acetylenes is 1. The third-order valence-electron chi connectivity index (χ3n) is 1.51. The summed E-state index contributed by atoms with van der Waals surface area (Å²) in [5.74, 6) is 1.45. The van der Waals surface area contributed by atoms with Crippen LogP contribution in [-0.2, 0) is 4.79 Å². The van der Waals surface area contributed by atoms with Gasteiger partial charge in [-0.05, 0) is 19.8 Å². The lowest BCUT2D eigenvalue weighted by Crippen LogP contribution is -2.44. The molecule has 11 heavy (non-hydrogen) atoms. The van der Waals surface area contributed by atoms with Crippen molar-refractivity contribution in [3.05, 3.63) is 0 Å². The zero-order valence-electron chi connectivity index (χ0n) is 6.63. The van der Waals surface area contributed by atoms with E-state index >= 15 is 0 Å². The molecule has 3 N–H and O–H groups in total. The van der Waals surface area contributed by atoms with Crippen LogP contribution in [0.15, 0.2) is 0 Å². The first-order chi connectivity index (χ1) is 5.00. The summed E-state index contributed by atoms with van der Waals surface area (Å²) >= 11 is 0. The molecule has 0 aliphatic rings. The Balaban J connectivity index is 3.75. The molecule has 0 fully saturated rings. The van der Waals surface area contributed by atoms with Crippen LogP contribution in [0.3, 0.4) is 0 Å². The Hall–Kier alpha value is -1.01. The van der Waals surface area contributed by atoms with E-state index in [1.165, 1.54) is 6.92 Å². The molecule has 0 aliphatic carbocycles. The highest BCUT2D eigenvalue weighted by Crippen LogP contribution is 2.09. The molecule has 1 atom stereocenters. The van der Waals surface area contributed by atoms with Gasteiger partial charge in [-0.2, -0.15) is 0 Å². The summed E-state index contributed by atoms with van der Waals surface area (Å²) in [5, 5.41) is 8.56. The quantitative estimate of drug-likeness (QED) is 0.461. The van der Waals surface area contributed by atoms with Crippen molar-refractivity contribution in [2.24, 2.45) is 5.73 Å². The number of hydrogen-bond acceptors (Lipinski definition) is 2. The first-order valence-corrected chi connectivity index (χ1v) is 3.46. The molecule has 0 aromatic rings. The molecule has 0 heterocycles. The molecular weight excluding hydrogens is 142 g/mol. The van der Waals surface area contributed by atoms with Crippen LogP contribution in [0.4, 0.5) is 0 Å². The average Bonchev–Trinajstić information content (AvgIpc) is 1.88. The van der Waals surface area contributed by atoms with Crippen LogP contribution in [0, 0.1) is 12.3 Å². The summed E-state index contributed by atoms with van der Waals surface area (Å²) in [4.78, 5) is 10.4. The molecule has 0 aromatic heterocycles. The molecule has 0 rings (SSSR count). The zero-order valence-corrected chi connectivity index (χ0v) is 6.63. The van der Waals surface area contributed by atoms with E-state index in [0.29, 0.717) is 19.3 Å². The van der Waals surface area contributed by atoms with Crippen molar-refractivity contribution >= 4 is 5.97 Å². The van der Waals surface area contributed by atoms with E-state index < -0.39 is 11.5 Å². The second-order valence-electron chi connectivity index (χ2n) is 2.78. The average molecular weight is 155 g/mol. The summed E-state index contributed by atoms with van der Waals surface area (Å²) in [6.45, 7) is 1.49. The number of carbonyl (C=O) groups is 1. The lowest BCUT2D eigenvalue weighted by molar-refractivity contribution is -0.142. The van der Waals surface area contributed by atoms with E-state index in [0.717, 1.165) is 0 Å². The molecule has 0 saturated heterocycles. The van der Waals surface area contributed by atoms with Gasteiger partial charge in [0.2, 0.25) is 0 Å². The molecular formula is C8H13NO2. The van der Waals surface area contributed by atoms with Crippen molar-refractivity contribution in [2.75, 3.05) is 0 Å². The number of carboxylic acid groups (broad SMARTS) is 1. The van der Waals surface area contributed by atoms with E-state index in [4.69, 9.17) is 17.3 Å². The highest BCUT2D eigenvalue weighted by atomic mass is 16.4. The maximum Gasteiger partial charge on any atom is 0.323 e. The SMILES string of the molecule is C#CCCC[C@@](C)(N)C(=O)O. The number of nitrogens with two attached hydrogens (primary N) is 1. The molecule has 0 unspecified atom stereocenters. The fraction of sp³-hybridized carbons (Fsp3) is 0.625. The lowest BCUT2D eigenvalue weighted by Gasteiger charge is -2.17. The Morgan fingerprint density at radius 3 is 2.73 bits per heavy atom. The highest BCUT2D eigenvalue weighted by Gasteiger charge is 2.26. The van der Waals surface area contributed by atoms with Crippen LogP contribution in [0.2, 0.25) is 0 Å². The predicted molar refractivity (Wildman–Crippen MR) is 42.9 cm³/mol. The summed E-state index contributed by atoms with van der Waals surface area (Å²) in [5.41, 5.74) is 4.30. The summed E-state index contributed by atoms with van der Waals surface area (Å²) in [6, 6.07) is 0. The zero-order chi connectivity index (χ0) is 8.91. The van der Waals surface area contributed by atoms with Gasteiger partial charge in [-0.25, -0.2) is 0 Å². The number of aliphatic carboxylic acids is 1. The highest BCUT2D eigenvalue weighted by molar-refractivity contribution is 5.77. The minimum atomic E-state index is -1.13. The van der Waals surface area contributed by atoms with Crippen molar-refractivity contribution in [1.29, 1.82) is 0 Å². The Labute approximate surface area is 66.6 Å². The fourth-order valence-electron chi connectivity index (χ4n) is 0.665. The molecule has 62 valence electrons. The fourth-order valence-corrected chi connectivity index (χ4v) is 0.665. The van der Waals surface area contributed by atoms with Gasteiger partial charge in [-0.15, -0.1) is 12.3 Å². The second kappa shape index (κ2) is 3.99. The molecule has 0 aliphatic heterocycles. The van der Waals surface area contributed by atoms with E-state index in [9.17, 15) is 4.79 Å². The molecule has 0 saturated carbocycles. The molecule has 0 aromatic carbocycles. The maximum absolute atomic E-state index is 10.4. The maximum atomic E-state index is 10.4. The van der Waals surface area contributed by atoms with Gasteiger partial charge in [0.15, 0.2) is 0 Å². The van der Waals surface area contributed by atoms with Gasteiger partial charge in [0, 0.05) is 6.42 Å². The minimum Gasteiger partial charge on any atom is -0.480 e. The van der Waals surface area contributed by atoms with Crippen molar-refractivity contribution < 1.29 is 9.90 Å². The van der Waals surface area contributed by atoms with Gasteiger partial charge in [0.05, 0.1) is 0 Å². The Bertz CT molecular complexity index is 179. The van der Waals surface area contributed by atoms with Crippen LogP contribution in [0.5, 0.6) is 0 Å². The monoisotopic (exact) mass is 155 g/mol. The summed E-state index contributed by atoms with van der Waals surface area (Å²) in [7, 11) is 0. The van der Waals surface area contributed by atoms with Gasteiger partial charge in [-0.1, -0.05) is 0 Å². The van der Waals surface area contributed by atoms with Crippen LogP contribution in [0.1, 0.15) is 26.2 Å². The van der Waals surface area contributed by atoms with Crippen LogP contribution in [-0.4, -0.2) is 16.6 Å².